The van der Waals surface area contributed by atoms with Gasteiger partial charge in [-0.25, -0.2) is 22.8 Å². The van der Waals surface area contributed by atoms with Gasteiger partial charge < -0.3 is 10.1 Å². The summed E-state index contributed by atoms with van der Waals surface area (Å²) >= 11 is 7.28. The number of hydrogen-bond donors (Lipinski definition) is 2. The number of amides is 1. The maximum absolute atomic E-state index is 13.1. The number of carbonyl (C=O) groups is 1. The minimum Gasteiger partial charge on any atom is -0.495 e. The number of benzene rings is 2. The molecular formula is C19H16ClFN4O4S2. The van der Waals surface area contributed by atoms with E-state index in [0.29, 0.717) is 5.16 Å². The molecular weight excluding hydrogens is 467 g/mol. The van der Waals surface area contributed by atoms with Crippen LogP contribution >= 0.6 is 23.4 Å². The first-order chi connectivity index (χ1) is 14.7. The van der Waals surface area contributed by atoms with E-state index < -0.39 is 21.7 Å². The predicted molar refractivity (Wildman–Crippen MR) is 117 cm³/mol. The molecule has 1 heterocycles. The molecule has 2 aromatic carbocycles. The van der Waals surface area contributed by atoms with Crippen LogP contribution in [-0.4, -0.2) is 37.7 Å². The summed E-state index contributed by atoms with van der Waals surface area (Å²) in [5.74, 6) is -0.942. The Kier molecular flexibility index (Phi) is 6.98. The summed E-state index contributed by atoms with van der Waals surface area (Å²) < 4.78 is 46.0. The molecule has 0 aliphatic carbocycles. The number of halogens is 2. The Balaban J connectivity index is 1.88. The number of sulfonamides is 1. The summed E-state index contributed by atoms with van der Waals surface area (Å²) in [7, 11) is -2.66. The van der Waals surface area contributed by atoms with Gasteiger partial charge in [0.05, 0.1) is 28.9 Å². The average molecular weight is 483 g/mol. The Morgan fingerprint density at radius 3 is 2.55 bits per heavy atom. The van der Waals surface area contributed by atoms with Crippen molar-refractivity contribution >= 4 is 50.7 Å². The van der Waals surface area contributed by atoms with E-state index in [0.717, 1.165) is 24.3 Å². The quantitative estimate of drug-likeness (QED) is 0.386. The van der Waals surface area contributed by atoms with Crippen LogP contribution in [0.3, 0.4) is 0 Å². The molecule has 0 atom stereocenters. The molecule has 0 spiro atoms. The molecule has 31 heavy (non-hydrogen) atoms. The van der Waals surface area contributed by atoms with E-state index in [9.17, 15) is 17.6 Å². The van der Waals surface area contributed by atoms with Crippen molar-refractivity contribution in [2.75, 3.05) is 23.4 Å². The van der Waals surface area contributed by atoms with E-state index in [1.165, 1.54) is 43.3 Å². The minimum absolute atomic E-state index is 0.0229. The third-order valence-electron chi connectivity index (χ3n) is 3.95. The Morgan fingerprint density at radius 2 is 1.90 bits per heavy atom. The van der Waals surface area contributed by atoms with E-state index >= 15 is 0 Å². The van der Waals surface area contributed by atoms with E-state index in [2.05, 4.69) is 20.0 Å². The number of nitrogens with one attached hydrogen (secondary N) is 2. The van der Waals surface area contributed by atoms with Crippen molar-refractivity contribution < 1.29 is 22.3 Å². The van der Waals surface area contributed by atoms with Crippen molar-refractivity contribution in [3.05, 3.63) is 65.2 Å². The topological polar surface area (TPSA) is 110 Å². The van der Waals surface area contributed by atoms with Crippen molar-refractivity contribution in [3.63, 3.8) is 0 Å². The highest BCUT2D eigenvalue weighted by Crippen LogP contribution is 2.30. The lowest BCUT2D eigenvalue weighted by Gasteiger charge is -2.14. The van der Waals surface area contributed by atoms with Gasteiger partial charge in [-0.1, -0.05) is 23.4 Å². The first kappa shape index (κ1) is 22.8. The molecule has 0 bridgehead atoms. The first-order valence-electron chi connectivity index (χ1n) is 8.58. The first-order valence-corrected chi connectivity index (χ1v) is 11.7. The van der Waals surface area contributed by atoms with Crippen LogP contribution in [0.5, 0.6) is 5.75 Å². The molecule has 0 radical (unpaired) electrons. The predicted octanol–water partition coefficient (Wildman–Crippen LogP) is 4.05. The lowest BCUT2D eigenvalue weighted by molar-refractivity contribution is 0.102. The maximum Gasteiger partial charge on any atom is 0.275 e. The zero-order chi connectivity index (χ0) is 22.6. The second kappa shape index (κ2) is 9.50. The molecule has 3 aromatic rings. The van der Waals surface area contributed by atoms with Crippen molar-refractivity contribution in [2.45, 2.75) is 10.1 Å². The molecule has 8 nitrogen and oxygen atoms in total. The van der Waals surface area contributed by atoms with Crippen LogP contribution in [0.4, 0.5) is 15.8 Å². The largest absolute Gasteiger partial charge is 0.495 e. The van der Waals surface area contributed by atoms with Gasteiger partial charge in [0, 0.05) is 5.69 Å². The lowest BCUT2D eigenvalue weighted by atomic mass is 10.2. The molecule has 0 saturated carbocycles. The van der Waals surface area contributed by atoms with Crippen LogP contribution in [0.25, 0.3) is 0 Å². The smallest absolute Gasteiger partial charge is 0.275 e. The second-order valence-electron chi connectivity index (χ2n) is 5.98. The Hall–Kier alpha value is -2.89. The maximum atomic E-state index is 13.1. The summed E-state index contributed by atoms with van der Waals surface area (Å²) in [6.07, 6.45) is 3.08. The Morgan fingerprint density at radius 1 is 1.19 bits per heavy atom. The molecule has 0 fully saturated rings. The van der Waals surface area contributed by atoms with Crippen LogP contribution in [0.1, 0.15) is 10.5 Å². The fourth-order valence-corrected chi connectivity index (χ4v) is 4.06. The van der Waals surface area contributed by atoms with Gasteiger partial charge in [-0.15, -0.1) is 0 Å². The molecule has 1 amide bonds. The number of hydrogen-bond acceptors (Lipinski definition) is 7. The van der Waals surface area contributed by atoms with Gasteiger partial charge >= 0.3 is 0 Å². The van der Waals surface area contributed by atoms with Crippen LogP contribution in [0, 0.1) is 5.82 Å². The second-order valence-corrected chi connectivity index (χ2v) is 8.84. The molecule has 162 valence electrons. The van der Waals surface area contributed by atoms with Gasteiger partial charge in [0.1, 0.15) is 11.6 Å². The molecule has 0 unspecified atom stereocenters. The third kappa shape index (κ3) is 5.43. The molecule has 0 saturated heterocycles. The van der Waals surface area contributed by atoms with Gasteiger partial charge in [-0.3, -0.25) is 9.52 Å². The van der Waals surface area contributed by atoms with Crippen molar-refractivity contribution in [2.24, 2.45) is 0 Å². The number of nitrogens with zero attached hydrogens (tertiary/aromatic N) is 2. The Labute approximate surface area is 187 Å². The molecule has 2 N–H and O–H groups in total. The number of carbonyl (C=O) groups excluding carboxylic acids is 1. The van der Waals surface area contributed by atoms with Gasteiger partial charge in [0.2, 0.25) is 0 Å². The Bertz CT molecular complexity index is 1220. The summed E-state index contributed by atoms with van der Waals surface area (Å²) in [5.41, 5.74) is 0.316. The standard InChI is InChI=1S/C19H16ClFN4O4S2/c1-29-16-8-5-12(23-18(26)17-14(20)10-22-19(24-17)30-2)9-15(16)25-31(27,28)13-6-3-11(21)4-7-13/h3-10,25H,1-2H3,(H,23,26). The SMILES string of the molecule is COc1ccc(NC(=O)c2nc(SC)ncc2Cl)cc1NS(=O)(=O)c1ccc(F)cc1. The number of methoxy groups -OCH3 is 1. The average Bonchev–Trinajstić information content (AvgIpc) is 2.74. The van der Waals surface area contributed by atoms with Gasteiger partial charge in [-0.2, -0.15) is 0 Å². The van der Waals surface area contributed by atoms with Crippen LogP contribution in [-0.2, 0) is 10.0 Å². The van der Waals surface area contributed by atoms with E-state index in [1.54, 1.807) is 6.26 Å². The normalized spacial score (nSPS) is 11.1. The fourth-order valence-electron chi connectivity index (χ4n) is 2.48. The number of ether oxygens (including phenoxy) is 1. The highest BCUT2D eigenvalue weighted by atomic mass is 35.5. The summed E-state index contributed by atoms with van der Waals surface area (Å²) in [4.78, 5) is 20.5. The third-order valence-corrected chi connectivity index (χ3v) is 6.17. The zero-order valence-electron chi connectivity index (χ0n) is 16.2. The fraction of sp³-hybridized carbons (Fsp3) is 0.105. The highest BCUT2D eigenvalue weighted by molar-refractivity contribution is 7.98. The monoisotopic (exact) mass is 482 g/mol. The molecule has 1 aromatic heterocycles. The van der Waals surface area contributed by atoms with Crippen molar-refractivity contribution in [1.82, 2.24) is 9.97 Å². The van der Waals surface area contributed by atoms with Gasteiger partial charge in [-0.05, 0) is 48.7 Å². The number of aromatic nitrogens is 2. The molecule has 3 rings (SSSR count). The van der Waals surface area contributed by atoms with Crippen LogP contribution < -0.4 is 14.8 Å². The molecule has 12 heteroatoms. The van der Waals surface area contributed by atoms with E-state index in [4.69, 9.17) is 16.3 Å². The van der Waals surface area contributed by atoms with Crippen molar-refractivity contribution in [1.29, 1.82) is 0 Å². The molecule has 0 aliphatic rings. The van der Waals surface area contributed by atoms with E-state index in [1.807, 2.05) is 0 Å². The van der Waals surface area contributed by atoms with Gasteiger partial charge in [0.25, 0.3) is 15.9 Å². The summed E-state index contributed by atoms with van der Waals surface area (Å²) in [5, 5.41) is 3.05. The number of anilines is 2. The number of rotatable bonds is 7. The summed E-state index contributed by atoms with van der Waals surface area (Å²) in [6, 6.07) is 8.73. The van der Waals surface area contributed by atoms with Gasteiger partial charge in [0.15, 0.2) is 10.9 Å². The zero-order valence-corrected chi connectivity index (χ0v) is 18.6. The van der Waals surface area contributed by atoms with Crippen LogP contribution in [0.15, 0.2) is 58.7 Å². The lowest BCUT2D eigenvalue weighted by Crippen LogP contribution is -2.16. The summed E-state index contributed by atoms with van der Waals surface area (Å²) in [6.45, 7) is 0. The van der Waals surface area contributed by atoms with E-state index in [-0.39, 0.29) is 32.7 Å². The highest BCUT2D eigenvalue weighted by Gasteiger charge is 2.19. The van der Waals surface area contributed by atoms with Crippen LogP contribution in [0.2, 0.25) is 5.02 Å². The minimum atomic E-state index is -4.03. The number of thioether (sulfide) groups is 1. The van der Waals surface area contributed by atoms with Crippen molar-refractivity contribution in [3.8, 4) is 5.75 Å². The molecule has 0 aliphatic heterocycles.